The van der Waals surface area contributed by atoms with Crippen LogP contribution in [0.1, 0.15) is 42.2 Å². The summed E-state index contributed by atoms with van der Waals surface area (Å²) in [7, 11) is 0.877. The molecule has 0 unspecified atom stereocenters. The van der Waals surface area contributed by atoms with Crippen molar-refractivity contribution in [1.29, 1.82) is 0 Å². The molecule has 8 heteroatoms. The summed E-state index contributed by atoms with van der Waals surface area (Å²) in [6, 6.07) is 11.3. The van der Waals surface area contributed by atoms with E-state index in [1.807, 2.05) is 26.0 Å². The zero-order valence-corrected chi connectivity index (χ0v) is 18.0. The summed E-state index contributed by atoms with van der Waals surface area (Å²) in [5.41, 5.74) is 0.663. The van der Waals surface area contributed by atoms with Crippen LogP contribution in [0.25, 0.3) is 0 Å². The van der Waals surface area contributed by atoms with Crippen molar-refractivity contribution in [1.82, 2.24) is 9.62 Å². The fourth-order valence-electron chi connectivity index (χ4n) is 3.34. The smallest absolute Gasteiger partial charge is 0.251 e. The number of ether oxygens (including phenoxy) is 2. The molecule has 156 valence electrons. The Morgan fingerprint density at radius 3 is 2.59 bits per heavy atom. The van der Waals surface area contributed by atoms with Crippen LogP contribution in [0.3, 0.4) is 0 Å². The van der Waals surface area contributed by atoms with Crippen molar-refractivity contribution in [2.75, 3.05) is 21.2 Å². The van der Waals surface area contributed by atoms with E-state index in [0.29, 0.717) is 17.9 Å². The first-order valence-electron chi connectivity index (χ1n) is 9.24. The predicted molar refractivity (Wildman–Crippen MR) is 110 cm³/mol. The standard InChI is InChI=1S/C21H26N2O5S/c1-21(2)13-18(17-10-9-15(27-5)12-19(17)28-21)22-20(24)14-7-6-8-16(11-14)29(25,26)23(3)4/h6-12,18H,13H2,1-5H3,(H,22,24)/t18-/m1/s1. The monoisotopic (exact) mass is 418 g/mol. The van der Waals surface area contributed by atoms with Crippen LogP contribution in [0.5, 0.6) is 11.5 Å². The second-order valence-corrected chi connectivity index (χ2v) is 9.96. The van der Waals surface area contributed by atoms with Gasteiger partial charge in [0.25, 0.3) is 5.91 Å². The average Bonchev–Trinajstić information content (AvgIpc) is 2.66. The molecule has 0 fully saturated rings. The molecule has 2 aromatic rings. The molecule has 1 aliphatic rings. The van der Waals surface area contributed by atoms with Crippen molar-refractivity contribution in [2.45, 2.75) is 36.8 Å². The summed E-state index contributed by atoms with van der Waals surface area (Å²) in [4.78, 5) is 13.0. The van der Waals surface area contributed by atoms with Crippen LogP contribution < -0.4 is 14.8 Å². The van der Waals surface area contributed by atoms with Crippen molar-refractivity contribution in [3.63, 3.8) is 0 Å². The highest BCUT2D eigenvalue weighted by Crippen LogP contribution is 2.41. The molecule has 0 aromatic heterocycles. The van der Waals surface area contributed by atoms with E-state index in [4.69, 9.17) is 9.47 Å². The van der Waals surface area contributed by atoms with Gasteiger partial charge < -0.3 is 14.8 Å². The molecule has 3 rings (SSSR count). The number of hydrogen-bond acceptors (Lipinski definition) is 5. The Kier molecular flexibility index (Phi) is 5.60. The molecule has 0 spiro atoms. The molecule has 1 aliphatic heterocycles. The van der Waals surface area contributed by atoms with E-state index in [1.54, 1.807) is 25.3 Å². The number of carbonyl (C=O) groups is 1. The van der Waals surface area contributed by atoms with Crippen LogP contribution in [0, 0.1) is 0 Å². The molecule has 1 amide bonds. The lowest BCUT2D eigenvalue weighted by Crippen LogP contribution is -2.41. The number of nitrogens with zero attached hydrogens (tertiary/aromatic N) is 1. The largest absolute Gasteiger partial charge is 0.497 e. The zero-order chi connectivity index (χ0) is 21.4. The number of fused-ring (bicyclic) bond motifs is 1. The van der Waals surface area contributed by atoms with Gasteiger partial charge in [-0.15, -0.1) is 0 Å². The Bertz CT molecular complexity index is 1030. The molecular formula is C21H26N2O5S. The van der Waals surface area contributed by atoms with Gasteiger partial charge in [-0.2, -0.15) is 0 Å². The quantitative estimate of drug-likeness (QED) is 0.807. The third-order valence-electron chi connectivity index (χ3n) is 4.86. The maximum atomic E-state index is 12.9. The van der Waals surface area contributed by atoms with Crippen LogP contribution in [0.2, 0.25) is 0 Å². The first-order valence-corrected chi connectivity index (χ1v) is 10.7. The van der Waals surface area contributed by atoms with Gasteiger partial charge in [-0.05, 0) is 44.2 Å². The molecule has 1 N–H and O–H groups in total. The first-order chi connectivity index (χ1) is 13.5. The van der Waals surface area contributed by atoms with Gasteiger partial charge in [0.15, 0.2) is 0 Å². The summed E-state index contributed by atoms with van der Waals surface area (Å²) in [5, 5.41) is 3.02. The SMILES string of the molecule is COc1ccc2c(c1)OC(C)(C)C[C@H]2NC(=O)c1cccc(S(=O)(=O)N(C)C)c1. The van der Waals surface area contributed by atoms with Crippen molar-refractivity contribution in [2.24, 2.45) is 0 Å². The first kappa shape index (κ1) is 21.1. The van der Waals surface area contributed by atoms with Gasteiger partial charge in [0.1, 0.15) is 17.1 Å². The fraction of sp³-hybridized carbons (Fsp3) is 0.381. The molecule has 0 radical (unpaired) electrons. The second kappa shape index (κ2) is 7.68. The summed E-state index contributed by atoms with van der Waals surface area (Å²) in [6.07, 6.45) is 0.577. The van der Waals surface area contributed by atoms with Gasteiger partial charge in [-0.1, -0.05) is 6.07 Å². The molecule has 7 nitrogen and oxygen atoms in total. The minimum Gasteiger partial charge on any atom is -0.497 e. The van der Waals surface area contributed by atoms with E-state index < -0.39 is 15.6 Å². The van der Waals surface area contributed by atoms with Crippen LogP contribution in [-0.2, 0) is 10.0 Å². The van der Waals surface area contributed by atoms with E-state index in [9.17, 15) is 13.2 Å². The number of nitrogens with one attached hydrogen (secondary N) is 1. The van der Waals surface area contributed by atoms with Gasteiger partial charge in [-0.25, -0.2) is 12.7 Å². The van der Waals surface area contributed by atoms with E-state index in [1.165, 1.54) is 26.2 Å². The van der Waals surface area contributed by atoms with E-state index in [0.717, 1.165) is 9.87 Å². The maximum absolute atomic E-state index is 12.9. The highest BCUT2D eigenvalue weighted by Gasteiger charge is 2.35. The van der Waals surface area contributed by atoms with E-state index in [2.05, 4.69) is 5.32 Å². The topological polar surface area (TPSA) is 84.9 Å². The summed E-state index contributed by atoms with van der Waals surface area (Å²) >= 11 is 0. The molecule has 29 heavy (non-hydrogen) atoms. The van der Waals surface area contributed by atoms with Crippen molar-refractivity contribution >= 4 is 15.9 Å². The number of sulfonamides is 1. The molecule has 0 saturated carbocycles. The van der Waals surface area contributed by atoms with Crippen molar-refractivity contribution < 1.29 is 22.7 Å². The fourth-order valence-corrected chi connectivity index (χ4v) is 4.29. The van der Waals surface area contributed by atoms with Crippen LogP contribution >= 0.6 is 0 Å². The molecule has 1 atom stereocenters. The van der Waals surface area contributed by atoms with Crippen molar-refractivity contribution in [3.05, 3.63) is 53.6 Å². The van der Waals surface area contributed by atoms with Gasteiger partial charge in [0.05, 0.1) is 18.0 Å². The minimum absolute atomic E-state index is 0.0765. The Labute approximate surface area is 171 Å². The number of methoxy groups -OCH3 is 1. The number of rotatable bonds is 5. The number of carbonyl (C=O) groups excluding carboxylic acids is 1. The average molecular weight is 419 g/mol. The minimum atomic E-state index is -3.62. The predicted octanol–water partition coefficient (Wildman–Crippen LogP) is 2.98. The van der Waals surface area contributed by atoms with Crippen LogP contribution in [-0.4, -0.2) is 45.4 Å². The Morgan fingerprint density at radius 1 is 1.21 bits per heavy atom. The van der Waals surface area contributed by atoms with Gasteiger partial charge in [-0.3, -0.25) is 4.79 Å². The lowest BCUT2D eigenvalue weighted by Gasteiger charge is -2.38. The highest BCUT2D eigenvalue weighted by molar-refractivity contribution is 7.89. The van der Waals surface area contributed by atoms with Crippen molar-refractivity contribution in [3.8, 4) is 11.5 Å². The Balaban J connectivity index is 1.90. The highest BCUT2D eigenvalue weighted by atomic mass is 32.2. The Morgan fingerprint density at radius 2 is 1.93 bits per heavy atom. The summed E-state index contributed by atoms with van der Waals surface area (Å²) in [6.45, 7) is 3.91. The summed E-state index contributed by atoms with van der Waals surface area (Å²) in [5.74, 6) is 0.994. The Hall–Kier alpha value is -2.58. The number of benzene rings is 2. The third kappa shape index (κ3) is 4.38. The molecule has 0 bridgehead atoms. The zero-order valence-electron chi connectivity index (χ0n) is 17.2. The maximum Gasteiger partial charge on any atom is 0.251 e. The second-order valence-electron chi connectivity index (χ2n) is 7.81. The summed E-state index contributed by atoms with van der Waals surface area (Å²) < 4.78 is 37.2. The molecule has 1 heterocycles. The van der Waals surface area contributed by atoms with Gasteiger partial charge in [0, 0.05) is 37.7 Å². The third-order valence-corrected chi connectivity index (χ3v) is 6.67. The van der Waals surface area contributed by atoms with E-state index >= 15 is 0 Å². The number of hydrogen-bond donors (Lipinski definition) is 1. The van der Waals surface area contributed by atoms with Crippen LogP contribution in [0.4, 0.5) is 0 Å². The molecule has 0 saturated heterocycles. The van der Waals surface area contributed by atoms with Gasteiger partial charge in [0.2, 0.25) is 10.0 Å². The van der Waals surface area contributed by atoms with Crippen LogP contribution in [0.15, 0.2) is 47.4 Å². The van der Waals surface area contributed by atoms with E-state index in [-0.39, 0.29) is 22.4 Å². The lowest BCUT2D eigenvalue weighted by atomic mass is 9.89. The lowest BCUT2D eigenvalue weighted by molar-refractivity contribution is 0.0617. The number of amides is 1. The molecule has 2 aromatic carbocycles. The molecular weight excluding hydrogens is 392 g/mol. The molecule has 0 aliphatic carbocycles. The van der Waals surface area contributed by atoms with Gasteiger partial charge >= 0.3 is 0 Å². The normalized spacial score (nSPS) is 17.9.